The van der Waals surface area contributed by atoms with Crippen LogP contribution in [-0.2, 0) is 0 Å². The van der Waals surface area contributed by atoms with Crippen LogP contribution in [0.2, 0.25) is 5.02 Å². The predicted octanol–water partition coefficient (Wildman–Crippen LogP) is 4.43. The van der Waals surface area contributed by atoms with Crippen molar-refractivity contribution in [2.75, 3.05) is 11.9 Å². The van der Waals surface area contributed by atoms with Gasteiger partial charge in [-0.2, -0.15) is 0 Å². The maximum atomic E-state index is 13.4. The van der Waals surface area contributed by atoms with Crippen LogP contribution < -0.4 is 5.32 Å². The first-order valence-corrected chi connectivity index (χ1v) is 7.55. The topological polar surface area (TPSA) is 50.7 Å². The summed E-state index contributed by atoms with van der Waals surface area (Å²) in [6.07, 6.45) is 0. The van der Waals surface area contributed by atoms with E-state index in [9.17, 15) is 4.39 Å². The summed E-state index contributed by atoms with van der Waals surface area (Å²) in [5.41, 5.74) is 2.02. The summed E-state index contributed by atoms with van der Waals surface area (Å²) in [6.45, 7) is 2.65. The second kappa shape index (κ2) is 6.71. The first kappa shape index (κ1) is 15.4. The van der Waals surface area contributed by atoms with Crippen LogP contribution in [0.15, 0.2) is 48.5 Å². The Hall–Kier alpha value is -2.53. The molecule has 3 aromatic rings. The van der Waals surface area contributed by atoms with Gasteiger partial charge in [0, 0.05) is 22.7 Å². The zero-order chi connectivity index (χ0) is 16.2. The number of hydrogen-bond donors (Lipinski definition) is 1. The Morgan fingerprint density at radius 2 is 1.83 bits per heavy atom. The average molecular weight is 329 g/mol. The van der Waals surface area contributed by atoms with Gasteiger partial charge in [0.1, 0.15) is 11.5 Å². The van der Waals surface area contributed by atoms with E-state index >= 15 is 0 Å². The molecule has 0 radical (unpaired) electrons. The molecule has 0 amide bonds. The fraction of sp³-hybridized carbons (Fsp3) is 0.118. The normalized spacial score (nSPS) is 10.6. The Labute approximate surface area is 138 Å². The molecule has 1 N–H and O–H groups in total. The highest BCUT2D eigenvalue weighted by atomic mass is 35.5. The van der Waals surface area contributed by atoms with Gasteiger partial charge in [-0.05, 0) is 31.2 Å². The highest BCUT2D eigenvalue weighted by Gasteiger charge is 2.13. The summed E-state index contributed by atoms with van der Waals surface area (Å²) in [6, 6.07) is 13.5. The molecule has 0 unspecified atom stereocenters. The molecule has 4 nitrogen and oxygen atoms in total. The van der Waals surface area contributed by atoms with Crippen molar-refractivity contribution in [1.29, 1.82) is 0 Å². The van der Waals surface area contributed by atoms with E-state index in [4.69, 9.17) is 11.6 Å². The largest absolute Gasteiger partial charge is 0.367 e. The van der Waals surface area contributed by atoms with Gasteiger partial charge in [0.25, 0.3) is 0 Å². The van der Waals surface area contributed by atoms with Crippen LogP contribution in [0.25, 0.3) is 22.6 Å². The minimum Gasteiger partial charge on any atom is -0.367 e. The molecule has 0 aliphatic carbocycles. The first-order valence-electron chi connectivity index (χ1n) is 7.18. The third-order valence-electron chi connectivity index (χ3n) is 3.21. The first-order chi connectivity index (χ1) is 11.2. The Morgan fingerprint density at radius 3 is 2.57 bits per heavy atom. The SMILES string of the molecule is CCNc1nnc(-c2cccc(F)c2)nc1-c1cccc(Cl)c1. The van der Waals surface area contributed by atoms with Crippen LogP contribution in [-0.4, -0.2) is 21.7 Å². The lowest BCUT2D eigenvalue weighted by Crippen LogP contribution is -2.06. The summed E-state index contributed by atoms with van der Waals surface area (Å²) < 4.78 is 13.4. The lowest BCUT2D eigenvalue weighted by molar-refractivity contribution is 0.628. The smallest absolute Gasteiger partial charge is 0.182 e. The van der Waals surface area contributed by atoms with Gasteiger partial charge in [-0.15, -0.1) is 10.2 Å². The van der Waals surface area contributed by atoms with E-state index in [0.29, 0.717) is 34.5 Å². The second-order valence-electron chi connectivity index (χ2n) is 4.88. The van der Waals surface area contributed by atoms with Crippen molar-refractivity contribution in [1.82, 2.24) is 15.2 Å². The Bertz CT molecular complexity index is 838. The summed E-state index contributed by atoms with van der Waals surface area (Å²) >= 11 is 6.07. The number of benzene rings is 2. The molecule has 0 aliphatic heterocycles. The lowest BCUT2D eigenvalue weighted by Gasteiger charge is -2.10. The highest BCUT2D eigenvalue weighted by Crippen LogP contribution is 2.28. The van der Waals surface area contributed by atoms with E-state index in [1.54, 1.807) is 18.2 Å². The van der Waals surface area contributed by atoms with Crippen molar-refractivity contribution in [3.63, 3.8) is 0 Å². The molecule has 0 atom stereocenters. The quantitative estimate of drug-likeness (QED) is 0.769. The maximum absolute atomic E-state index is 13.4. The number of aromatic nitrogens is 3. The van der Waals surface area contributed by atoms with Gasteiger partial charge < -0.3 is 5.32 Å². The minimum atomic E-state index is -0.342. The van der Waals surface area contributed by atoms with E-state index < -0.39 is 0 Å². The van der Waals surface area contributed by atoms with Crippen molar-refractivity contribution < 1.29 is 4.39 Å². The van der Waals surface area contributed by atoms with Gasteiger partial charge in [-0.25, -0.2) is 9.37 Å². The molecule has 0 saturated carbocycles. The fourth-order valence-corrected chi connectivity index (χ4v) is 2.39. The van der Waals surface area contributed by atoms with Gasteiger partial charge in [-0.3, -0.25) is 0 Å². The second-order valence-corrected chi connectivity index (χ2v) is 5.32. The molecule has 0 aliphatic rings. The molecule has 0 fully saturated rings. The Balaban J connectivity index is 2.13. The summed E-state index contributed by atoms with van der Waals surface area (Å²) in [4.78, 5) is 4.55. The lowest BCUT2D eigenvalue weighted by atomic mass is 10.1. The number of nitrogens with one attached hydrogen (secondary N) is 1. The molecular weight excluding hydrogens is 315 g/mol. The van der Waals surface area contributed by atoms with Crippen LogP contribution in [0.5, 0.6) is 0 Å². The Morgan fingerprint density at radius 1 is 1.04 bits per heavy atom. The highest BCUT2D eigenvalue weighted by molar-refractivity contribution is 6.30. The van der Waals surface area contributed by atoms with Gasteiger partial charge >= 0.3 is 0 Å². The molecule has 1 heterocycles. The van der Waals surface area contributed by atoms with Gasteiger partial charge in [0.05, 0.1) is 0 Å². The van der Waals surface area contributed by atoms with Crippen molar-refractivity contribution in [3.05, 3.63) is 59.4 Å². The predicted molar refractivity (Wildman–Crippen MR) is 89.8 cm³/mol. The molecule has 1 aromatic heterocycles. The van der Waals surface area contributed by atoms with Crippen LogP contribution in [0.1, 0.15) is 6.92 Å². The maximum Gasteiger partial charge on any atom is 0.182 e. The third-order valence-corrected chi connectivity index (χ3v) is 3.45. The molecule has 0 saturated heterocycles. The fourth-order valence-electron chi connectivity index (χ4n) is 2.20. The third kappa shape index (κ3) is 3.46. The summed E-state index contributed by atoms with van der Waals surface area (Å²) in [5, 5.41) is 12.0. The van der Waals surface area contributed by atoms with E-state index in [0.717, 1.165) is 5.56 Å². The van der Waals surface area contributed by atoms with E-state index in [1.807, 2.05) is 25.1 Å². The average Bonchev–Trinajstić information content (AvgIpc) is 2.55. The van der Waals surface area contributed by atoms with Crippen molar-refractivity contribution >= 4 is 17.4 Å². The minimum absolute atomic E-state index is 0.342. The molecule has 0 spiro atoms. The Kier molecular flexibility index (Phi) is 4.48. The zero-order valence-corrected chi connectivity index (χ0v) is 13.2. The molecule has 0 bridgehead atoms. The molecule has 23 heavy (non-hydrogen) atoms. The molecule has 2 aromatic carbocycles. The van der Waals surface area contributed by atoms with Gasteiger partial charge in [0.2, 0.25) is 0 Å². The number of halogens is 2. The van der Waals surface area contributed by atoms with Crippen LogP contribution >= 0.6 is 11.6 Å². The van der Waals surface area contributed by atoms with E-state index in [2.05, 4.69) is 20.5 Å². The summed E-state index contributed by atoms with van der Waals surface area (Å²) in [5.74, 6) is 0.585. The van der Waals surface area contributed by atoms with E-state index in [-0.39, 0.29) is 5.82 Å². The van der Waals surface area contributed by atoms with Crippen LogP contribution in [0.4, 0.5) is 10.2 Å². The standard InChI is InChI=1S/C17H14ClFN4/c1-2-20-17-15(11-5-3-7-13(18)9-11)21-16(22-23-17)12-6-4-8-14(19)10-12/h3-10H,2H2,1H3,(H,20,23). The van der Waals surface area contributed by atoms with Crippen LogP contribution in [0.3, 0.4) is 0 Å². The number of hydrogen-bond acceptors (Lipinski definition) is 4. The van der Waals surface area contributed by atoms with Crippen molar-refractivity contribution in [2.45, 2.75) is 6.92 Å². The monoisotopic (exact) mass is 328 g/mol. The van der Waals surface area contributed by atoms with Crippen molar-refractivity contribution in [2.24, 2.45) is 0 Å². The molecular formula is C17H14ClFN4. The molecule has 3 rings (SSSR count). The molecule has 6 heteroatoms. The molecule has 116 valence electrons. The van der Waals surface area contributed by atoms with Crippen LogP contribution in [0, 0.1) is 5.82 Å². The van der Waals surface area contributed by atoms with Gasteiger partial charge in [0.15, 0.2) is 11.6 Å². The zero-order valence-electron chi connectivity index (χ0n) is 12.4. The number of rotatable bonds is 4. The van der Waals surface area contributed by atoms with Crippen molar-refractivity contribution in [3.8, 4) is 22.6 Å². The van der Waals surface area contributed by atoms with Gasteiger partial charge in [-0.1, -0.05) is 35.9 Å². The van der Waals surface area contributed by atoms with E-state index in [1.165, 1.54) is 12.1 Å². The number of nitrogens with zero attached hydrogens (tertiary/aromatic N) is 3. The summed E-state index contributed by atoms with van der Waals surface area (Å²) in [7, 11) is 0. The number of anilines is 1.